The normalized spacial score (nSPS) is 16.8. The monoisotopic (exact) mass is 576 g/mol. The van der Waals surface area contributed by atoms with Crippen LogP contribution in [0.2, 0.25) is 0 Å². The zero-order chi connectivity index (χ0) is 29.8. The van der Waals surface area contributed by atoms with Crippen molar-refractivity contribution in [1.82, 2.24) is 10.3 Å². The predicted molar refractivity (Wildman–Crippen MR) is 167 cm³/mol. The summed E-state index contributed by atoms with van der Waals surface area (Å²) < 4.78 is 26.5. The van der Waals surface area contributed by atoms with Crippen LogP contribution in [0.15, 0.2) is 66.9 Å². The number of anilines is 1. The third-order valence-electron chi connectivity index (χ3n) is 8.35. The molecule has 1 heterocycles. The number of sulfonamides is 1. The Morgan fingerprint density at radius 2 is 1.63 bits per heavy atom. The summed E-state index contributed by atoms with van der Waals surface area (Å²) in [7, 11) is -3.45. The van der Waals surface area contributed by atoms with Crippen LogP contribution in [-0.4, -0.2) is 25.7 Å². The maximum atomic E-state index is 13.1. The highest BCUT2D eigenvalue weighted by atomic mass is 32.2. The molecule has 1 saturated carbocycles. The fourth-order valence-corrected chi connectivity index (χ4v) is 7.12. The molecule has 7 nitrogen and oxygen atoms in total. The number of hydrogen-bond acceptors (Lipinski definition) is 4. The van der Waals surface area contributed by atoms with Crippen molar-refractivity contribution in [2.24, 2.45) is 11.7 Å². The fourth-order valence-electron chi connectivity index (χ4n) is 6.55. The minimum atomic E-state index is -3.45. The van der Waals surface area contributed by atoms with Gasteiger partial charge in [-0.2, -0.15) is 0 Å². The standard InChI is InChI=1S/C33H44N4O3S/c1-22(2)25-14-19-29(28(21-25)23(3)4)33(36-32(34)38,26-15-17-27(18-16-26)37-41(5,39)40)31(24-11-7-6-8-12-24)30-13-9-10-20-35-30/h9-10,13-24,31,37H,6-8,11-12H2,1-5H3,(H3,34,36,38). The molecule has 2 aromatic carbocycles. The third kappa shape index (κ3) is 6.92. The van der Waals surface area contributed by atoms with Crippen LogP contribution in [0.25, 0.3) is 0 Å². The van der Waals surface area contributed by atoms with Gasteiger partial charge in [0.25, 0.3) is 0 Å². The van der Waals surface area contributed by atoms with E-state index in [2.05, 4.69) is 55.9 Å². The predicted octanol–water partition coefficient (Wildman–Crippen LogP) is 6.98. The molecule has 0 bridgehead atoms. The maximum Gasteiger partial charge on any atom is 0.313 e. The first-order valence-electron chi connectivity index (χ1n) is 14.6. The van der Waals surface area contributed by atoms with Crippen LogP contribution in [0, 0.1) is 5.92 Å². The second-order valence-corrected chi connectivity index (χ2v) is 13.8. The maximum absolute atomic E-state index is 13.1. The summed E-state index contributed by atoms with van der Waals surface area (Å²) in [5.41, 5.74) is 10.5. The van der Waals surface area contributed by atoms with Gasteiger partial charge in [0.05, 0.1) is 6.26 Å². The van der Waals surface area contributed by atoms with Crippen molar-refractivity contribution in [2.75, 3.05) is 11.0 Å². The van der Waals surface area contributed by atoms with Gasteiger partial charge in [-0.15, -0.1) is 0 Å². The molecule has 4 N–H and O–H groups in total. The molecule has 1 aliphatic carbocycles. The number of pyridine rings is 1. The summed E-state index contributed by atoms with van der Waals surface area (Å²) in [6.45, 7) is 8.71. The number of primary amides is 1. The van der Waals surface area contributed by atoms with Crippen LogP contribution >= 0.6 is 0 Å². The zero-order valence-electron chi connectivity index (χ0n) is 24.9. The van der Waals surface area contributed by atoms with Crippen molar-refractivity contribution in [2.45, 2.75) is 83.1 Å². The fraction of sp³-hybridized carbons (Fsp3) is 0.455. The van der Waals surface area contributed by atoms with Crippen molar-refractivity contribution in [3.8, 4) is 0 Å². The summed E-state index contributed by atoms with van der Waals surface area (Å²) in [5.74, 6) is 0.530. The van der Waals surface area contributed by atoms with Gasteiger partial charge >= 0.3 is 6.03 Å². The number of carbonyl (C=O) groups excluding carboxylic acids is 1. The lowest BCUT2D eigenvalue weighted by atomic mass is 9.62. The van der Waals surface area contributed by atoms with E-state index in [-0.39, 0.29) is 17.8 Å². The largest absolute Gasteiger partial charge is 0.352 e. The van der Waals surface area contributed by atoms with Crippen LogP contribution in [0.1, 0.15) is 106 Å². The lowest BCUT2D eigenvalue weighted by Crippen LogP contribution is -2.55. The number of rotatable bonds is 10. The molecule has 0 aliphatic heterocycles. The molecule has 0 saturated heterocycles. The molecule has 1 aromatic heterocycles. The highest BCUT2D eigenvalue weighted by Crippen LogP contribution is 2.52. The van der Waals surface area contributed by atoms with Gasteiger partial charge in [0.15, 0.2) is 0 Å². The summed E-state index contributed by atoms with van der Waals surface area (Å²) >= 11 is 0. The van der Waals surface area contributed by atoms with Crippen LogP contribution < -0.4 is 15.8 Å². The highest BCUT2D eigenvalue weighted by molar-refractivity contribution is 7.92. The van der Waals surface area contributed by atoms with Gasteiger partial charge in [0.2, 0.25) is 10.0 Å². The molecule has 4 rings (SSSR count). The van der Waals surface area contributed by atoms with E-state index in [0.717, 1.165) is 54.3 Å². The molecule has 3 aromatic rings. The van der Waals surface area contributed by atoms with Crippen molar-refractivity contribution in [3.63, 3.8) is 0 Å². The van der Waals surface area contributed by atoms with E-state index in [1.54, 1.807) is 12.1 Å². The number of nitrogens with zero attached hydrogens (tertiary/aromatic N) is 1. The number of aromatic nitrogens is 1. The van der Waals surface area contributed by atoms with Gasteiger partial charge in [-0.05, 0) is 77.1 Å². The smallest absolute Gasteiger partial charge is 0.313 e. The van der Waals surface area contributed by atoms with Crippen LogP contribution in [0.4, 0.5) is 10.5 Å². The summed E-state index contributed by atoms with van der Waals surface area (Å²) in [4.78, 5) is 18.0. The van der Waals surface area contributed by atoms with Crippen LogP contribution in [-0.2, 0) is 15.6 Å². The Kier molecular flexibility index (Phi) is 9.42. The number of carbonyl (C=O) groups is 1. The number of benzene rings is 2. The van der Waals surface area contributed by atoms with Gasteiger partial charge in [-0.1, -0.05) is 83.4 Å². The Labute approximate surface area is 245 Å². The molecule has 0 spiro atoms. The first kappa shape index (κ1) is 30.6. The zero-order valence-corrected chi connectivity index (χ0v) is 25.7. The number of hydrogen-bond donors (Lipinski definition) is 3. The average molecular weight is 577 g/mol. The SMILES string of the molecule is CC(C)c1ccc(C(NC(N)=O)(c2ccc(NS(C)(=O)=O)cc2)C(c2ccccn2)C2CCCCC2)c(C(C)C)c1. The molecule has 1 fully saturated rings. The van der Waals surface area contributed by atoms with E-state index in [1.165, 1.54) is 12.0 Å². The van der Waals surface area contributed by atoms with Crippen molar-refractivity contribution < 1.29 is 13.2 Å². The lowest BCUT2D eigenvalue weighted by molar-refractivity contribution is 0.194. The molecule has 2 amide bonds. The Bertz CT molecular complexity index is 1430. The molecule has 8 heteroatoms. The van der Waals surface area contributed by atoms with Crippen LogP contribution in [0.5, 0.6) is 0 Å². The molecular formula is C33H44N4O3S. The molecule has 2 atom stereocenters. The topological polar surface area (TPSA) is 114 Å². The molecule has 1 aliphatic rings. The van der Waals surface area contributed by atoms with E-state index in [1.807, 2.05) is 36.5 Å². The van der Waals surface area contributed by atoms with E-state index in [4.69, 9.17) is 10.7 Å². The molecule has 2 unspecified atom stereocenters. The van der Waals surface area contributed by atoms with Gasteiger partial charge in [-0.3, -0.25) is 9.71 Å². The van der Waals surface area contributed by atoms with E-state index < -0.39 is 21.6 Å². The molecule has 0 radical (unpaired) electrons. The number of nitrogens with one attached hydrogen (secondary N) is 2. The minimum Gasteiger partial charge on any atom is -0.352 e. The van der Waals surface area contributed by atoms with Crippen molar-refractivity contribution in [1.29, 1.82) is 0 Å². The van der Waals surface area contributed by atoms with Gasteiger partial charge < -0.3 is 11.1 Å². The Morgan fingerprint density at radius 1 is 0.951 bits per heavy atom. The van der Waals surface area contributed by atoms with E-state index in [0.29, 0.717) is 11.6 Å². The van der Waals surface area contributed by atoms with E-state index in [9.17, 15) is 13.2 Å². The summed E-state index contributed by atoms with van der Waals surface area (Å²) in [5, 5.41) is 3.29. The average Bonchev–Trinajstić information content (AvgIpc) is 2.92. The summed E-state index contributed by atoms with van der Waals surface area (Å²) in [6.07, 6.45) is 8.38. The van der Waals surface area contributed by atoms with Crippen LogP contribution in [0.3, 0.4) is 0 Å². The number of amides is 2. The first-order valence-corrected chi connectivity index (χ1v) is 16.5. The minimum absolute atomic E-state index is 0.166. The molecule has 41 heavy (non-hydrogen) atoms. The number of nitrogens with two attached hydrogens (primary N) is 1. The molecular weight excluding hydrogens is 532 g/mol. The van der Waals surface area contributed by atoms with Crippen molar-refractivity contribution in [3.05, 3.63) is 94.8 Å². The Hall–Kier alpha value is -3.39. The Morgan fingerprint density at radius 3 is 2.17 bits per heavy atom. The van der Waals surface area contributed by atoms with Crippen molar-refractivity contribution >= 4 is 21.7 Å². The van der Waals surface area contributed by atoms with Gasteiger partial charge in [0, 0.05) is 23.5 Å². The third-order valence-corrected chi connectivity index (χ3v) is 8.95. The quantitative estimate of drug-likeness (QED) is 0.242. The van der Waals surface area contributed by atoms with E-state index >= 15 is 0 Å². The van der Waals surface area contributed by atoms with Gasteiger partial charge in [-0.25, -0.2) is 13.2 Å². The Balaban J connectivity index is 2.10. The first-order chi connectivity index (χ1) is 19.4. The number of urea groups is 1. The second-order valence-electron chi connectivity index (χ2n) is 12.0. The molecule has 220 valence electrons. The van der Waals surface area contributed by atoms with Gasteiger partial charge in [0.1, 0.15) is 5.54 Å². The highest BCUT2D eigenvalue weighted by Gasteiger charge is 2.49. The second kappa shape index (κ2) is 12.6. The lowest BCUT2D eigenvalue weighted by Gasteiger charge is -2.47. The summed E-state index contributed by atoms with van der Waals surface area (Å²) in [6, 6.07) is 19.2.